The van der Waals surface area contributed by atoms with Crippen molar-refractivity contribution < 1.29 is 13.2 Å². The minimum Gasteiger partial charge on any atom is -0.349 e. The highest BCUT2D eigenvalue weighted by atomic mass is 79.9. The van der Waals surface area contributed by atoms with E-state index >= 15 is 0 Å². The van der Waals surface area contributed by atoms with Gasteiger partial charge in [0.25, 0.3) is 5.91 Å². The molecule has 0 aliphatic rings. The average Bonchev–Trinajstić information content (AvgIpc) is 2.26. The number of alkyl halides is 1. The summed E-state index contributed by atoms with van der Waals surface area (Å²) in [5.74, 6) is -0.314. The monoisotopic (exact) mass is 333 g/mol. The zero-order valence-corrected chi connectivity index (χ0v) is 12.7. The largest absolute Gasteiger partial charge is 0.349 e. The van der Waals surface area contributed by atoms with Crippen LogP contribution in [0.1, 0.15) is 22.8 Å². The van der Waals surface area contributed by atoms with E-state index in [1.165, 1.54) is 0 Å². The number of carbonyl (C=O) groups excluding carboxylic acids is 1. The van der Waals surface area contributed by atoms with Crippen LogP contribution in [0.5, 0.6) is 0 Å². The van der Waals surface area contributed by atoms with Crippen LogP contribution in [-0.4, -0.2) is 32.4 Å². The molecule has 1 unspecified atom stereocenters. The molecule has 18 heavy (non-hydrogen) atoms. The lowest BCUT2D eigenvalue weighted by molar-refractivity contribution is 0.0943. The smallest absolute Gasteiger partial charge is 0.251 e. The minimum atomic E-state index is -3.08. The molecule has 1 aromatic rings. The maximum atomic E-state index is 11.8. The zero-order valence-electron chi connectivity index (χ0n) is 10.3. The molecule has 0 aliphatic heterocycles. The van der Waals surface area contributed by atoms with Crippen LogP contribution >= 0.6 is 15.9 Å². The predicted molar refractivity (Wildman–Crippen MR) is 75.7 cm³/mol. The summed E-state index contributed by atoms with van der Waals surface area (Å²) in [5.41, 5.74) is 1.61. The first-order valence-electron chi connectivity index (χ1n) is 5.45. The maximum absolute atomic E-state index is 11.8. The Hall–Kier alpha value is -0.880. The number of carbonyl (C=O) groups is 1. The fraction of sp³-hybridized carbons (Fsp3) is 0.417. The Bertz CT molecular complexity index is 511. The van der Waals surface area contributed by atoms with Crippen molar-refractivity contribution in [2.24, 2.45) is 0 Å². The standard InChI is InChI=1S/C12H16BrNO3S/c1-9(8-18(2,16)17)14-12(15)11-5-3-10(7-13)4-6-11/h3-6,9H,7-8H2,1-2H3,(H,14,15). The molecule has 100 valence electrons. The molecule has 1 amide bonds. The Morgan fingerprint density at radius 2 is 1.89 bits per heavy atom. The van der Waals surface area contributed by atoms with Crippen molar-refractivity contribution in [1.29, 1.82) is 0 Å². The van der Waals surface area contributed by atoms with Gasteiger partial charge in [-0.25, -0.2) is 8.42 Å². The molecule has 0 radical (unpaired) electrons. The molecule has 1 aromatic carbocycles. The molecule has 0 aromatic heterocycles. The van der Waals surface area contributed by atoms with Crippen LogP contribution in [0.2, 0.25) is 0 Å². The SMILES string of the molecule is CC(CS(C)(=O)=O)NC(=O)c1ccc(CBr)cc1. The number of hydrogen-bond donors (Lipinski definition) is 1. The van der Waals surface area contributed by atoms with Gasteiger partial charge >= 0.3 is 0 Å². The van der Waals surface area contributed by atoms with Gasteiger partial charge in [0.2, 0.25) is 0 Å². The zero-order chi connectivity index (χ0) is 13.8. The van der Waals surface area contributed by atoms with Gasteiger partial charge < -0.3 is 5.32 Å². The highest BCUT2D eigenvalue weighted by Crippen LogP contribution is 2.08. The topological polar surface area (TPSA) is 63.2 Å². The first kappa shape index (κ1) is 15.2. The molecule has 6 heteroatoms. The normalized spacial score (nSPS) is 13.1. The summed E-state index contributed by atoms with van der Waals surface area (Å²) in [7, 11) is -3.08. The van der Waals surface area contributed by atoms with E-state index < -0.39 is 15.9 Å². The summed E-state index contributed by atoms with van der Waals surface area (Å²) in [5, 5.41) is 3.40. The fourth-order valence-corrected chi connectivity index (χ4v) is 2.91. The number of hydrogen-bond acceptors (Lipinski definition) is 3. The molecular weight excluding hydrogens is 318 g/mol. The second-order valence-corrected chi connectivity index (χ2v) is 7.04. The van der Waals surface area contributed by atoms with E-state index in [-0.39, 0.29) is 11.7 Å². The first-order valence-corrected chi connectivity index (χ1v) is 8.63. The molecule has 1 atom stereocenters. The Labute approximate surface area is 116 Å². The second-order valence-electron chi connectivity index (χ2n) is 4.30. The van der Waals surface area contributed by atoms with Gasteiger partial charge in [0.05, 0.1) is 5.75 Å². The van der Waals surface area contributed by atoms with Crippen LogP contribution < -0.4 is 5.32 Å². The van der Waals surface area contributed by atoms with E-state index in [1.54, 1.807) is 19.1 Å². The number of halogens is 1. The van der Waals surface area contributed by atoms with Gasteiger partial charge in [-0.3, -0.25) is 4.79 Å². The third-order valence-electron chi connectivity index (χ3n) is 2.30. The number of nitrogens with one attached hydrogen (secondary N) is 1. The Morgan fingerprint density at radius 3 is 2.33 bits per heavy atom. The van der Waals surface area contributed by atoms with Gasteiger partial charge in [-0.1, -0.05) is 28.1 Å². The Kier molecular flexibility index (Phi) is 5.34. The summed E-state index contributed by atoms with van der Waals surface area (Å²) >= 11 is 3.33. The Morgan fingerprint density at radius 1 is 1.33 bits per heavy atom. The van der Waals surface area contributed by atoms with Crippen molar-refractivity contribution in [3.05, 3.63) is 35.4 Å². The lowest BCUT2D eigenvalue weighted by Gasteiger charge is -2.12. The van der Waals surface area contributed by atoms with Crippen LogP contribution in [0.15, 0.2) is 24.3 Å². The van der Waals surface area contributed by atoms with E-state index in [4.69, 9.17) is 0 Å². The van der Waals surface area contributed by atoms with Crippen LogP contribution in [0.25, 0.3) is 0 Å². The van der Waals surface area contributed by atoms with Crippen LogP contribution in [0, 0.1) is 0 Å². The van der Waals surface area contributed by atoms with Gasteiger partial charge in [0, 0.05) is 23.2 Å². The van der Waals surface area contributed by atoms with Gasteiger partial charge in [-0.15, -0.1) is 0 Å². The molecule has 1 N–H and O–H groups in total. The van der Waals surface area contributed by atoms with Crippen molar-refractivity contribution in [2.75, 3.05) is 12.0 Å². The van der Waals surface area contributed by atoms with Crippen molar-refractivity contribution in [3.63, 3.8) is 0 Å². The molecule has 1 rings (SSSR count). The van der Waals surface area contributed by atoms with Gasteiger partial charge in [0.15, 0.2) is 0 Å². The lowest BCUT2D eigenvalue weighted by Crippen LogP contribution is -2.37. The molecule has 0 saturated carbocycles. The second kappa shape index (κ2) is 6.33. The first-order chi connectivity index (χ1) is 8.31. The fourth-order valence-electron chi connectivity index (χ4n) is 1.55. The third-order valence-corrected chi connectivity index (χ3v) is 4.05. The highest BCUT2D eigenvalue weighted by Gasteiger charge is 2.14. The van der Waals surface area contributed by atoms with E-state index in [9.17, 15) is 13.2 Å². The molecular formula is C12H16BrNO3S. The number of benzene rings is 1. The van der Waals surface area contributed by atoms with Crippen LogP contribution in [-0.2, 0) is 15.2 Å². The van der Waals surface area contributed by atoms with Crippen LogP contribution in [0.4, 0.5) is 0 Å². The predicted octanol–water partition coefficient (Wildman–Crippen LogP) is 1.74. The summed E-state index contributed by atoms with van der Waals surface area (Å²) in [6, 6.07) is 6.75. The minimum absolute atomic E-state index is 0.0573. The average molecular weight is 334 g/mol. The maximum Gasteiger partial charge on any atom is 0.251 e. The van der Waals surface area contributed by atoms with Gasteiger partial charge in [-0.05, 0) is 24.6 Å². The summed E-state index contributed by atoms with van der Waals surface area (Å²) in [4.78, 5) is 11.8. The van der Waals surface area contributed by atoms with Gasteiger partial charge in [-0.2, -0.15) is 0 Å². The summed E-state index contributed by atoms with van der Waals surface area (Å²) < 4.78 is 22.2. The number of sulfone groups is 1. The van der Waals surface area contributed by atoms with Gasteiger partial charge in [0.1, 0.15) is 9.84 Å². The highest BCUT2D eigenvalue weighted by molar-refractivity contribution is 9.08. The molecule has 0 aliphatic carbocycles. The van der Waals surface area contributed by atoms with Crippen molar-refractivity contribution in [2.45, 2.75) is 18.3 Å². The van der Waals surface area contributed by atoms with Crippen LogP contribution in [0.3, 0.4) is 0 Å². The molecule has 0 saturated heterocycles. The molecule has 4 nitrogen and oxygen atoms in total. The van der Waals surface area contributed by atoms with E-state index in [2.05, 4.69) is 21.2 Å². The molecule has 0 fully saturated rings. The quantitative estimate of drug-likeness (QED) is 0.835. The summed E-state index contributed by atoms with van der Waals surface area (Å²) in [6.45, 7) is 1.67. The van der Waals surface area contributed by atoms with Crippen molar-refractivity contribution in [3.8, 4) is 0 Å². The number of rotatable bonds is 5. The Balaban J connectivity index is 2.64. The van der Waals surface area contributed by atoms with E-state index in [1.807, 2.05) is 12.1 Å². The van der Waals surface area contributed by atoms with Crippen molar-refractivity contribution >= 4 is 31.7 Å². The molecule has 0 heterocycles. The molecule has 0 bridgehead atoms. The van der Waals surface area contributed by atoms with E-state index in [0.717, 1.165) is 17.1 Å². The van der Waals surface area contributed by atoms with Crippen molar-refractivity contribution in [1.82, 2.24) is 5.32 Å². The van der Waals surface area contributed by atoms with E-state index in [0.29, 0.717) is 5.56 Å². The molecule has 0 spiro atoms. The third kappa shape index (κ3) is 5.18. The summed E-state index contributed by atoms with van der Waals surface area (Å²) in [6.07, 6.45) is 1.15. The number of amides is 1. The lowest BCUT2D eigenvalue weighted by atomic mass is 10.1.